The van der Waals surface area contributed by atoms with E-state index in [0.29, 0.717) is 5.56 Å². The molecule has 17 heavy (non-hydrogen) atoms. The Morgan fingerprint density at radius 2 is 2.00 bits per heavy atom. The van der Waals surface area contributed by atoms with Gasteiger partial charge in [0.25, 0.3) is 0 Å². The molecule has 1 heterocycles. The van der Waals surface area contributed by atoms with Gasteiger partial charge in [0, 0.05) is 12.7 Å². The number of hydrogen-bond acceptors (Lipinski definition) is 3. The van der Waals surface area contributed by atoms with Gasteiger partial charge in [-0.2, -0.15) is 0 Å². The normalized spacial score (nSPS) is 14.5. The summed E-state index contributed by atoms with van der Waals surface area (Å²) in [5.41, 5.74) is 4.07. The molecule has 0 atom stereocenters. The summed E-state index contributed by atoms with van der Waals surface area (Å²) in [4.78, 5) is 11.3. The molecule has 0 unspecified atom stereocenters. The summed E-state index contributed by atoms with van der Waals surface area (Å²) in [7, 11) is 1.39. The lowest BCUT2D eigenvalue weighted by atomic mass is 9.97. The minimum Gasteiger partial charge on any atom is -0.465 e. The topological polar surface area (TPSA) is 38.3 Å². The molecule has 1 aliphatic heterocycles. The van der Waals surface area contributed by atoms with E-state index in [1.54, 1.807) is 12.1 Å². The molecule has 1 aliphatic rings. The van der Waals surface area contributed by atoms with Gasteiger partial charge < -0.3 is 10.1 Å². The van der Waals surface area contributed by atoms with E-state index in [4.69, 9.17) is 0 Å². The smallest absolute Gasteiger partial charge is 0.337 e. The lowest BCUT2D eigenvalue weighted by molar-refractivity contribution is 0.0601. The molecule has 1 aromatic rings. The zero-order valence-corrected chi connectivity index (χ0v) is 9.99. The Kier molecular flexibility index (Phi) is 3.28. The molecule has 0 spiro atoms. The highest BCUT2D eigenvalue weighted by molar-refractivity contribution is 5.90. The summed E-state index contributed by atoms with van der Waals surface area (Å²) in [6.07, 6.45) is 4.14. The van der Waals surface area contributed by atoms with Gasteiger partial charge in [-0.1, -0.05) is 18.2 Å². The largest absolute Gasteiger partial charge is 0.465 e. The predicted octanol–water partition coefficient (Wildman–Crippen LogP) is 2.36. The molecular weight excluding hydrogens is 214 g/mol. The van der Waals surface area contributed by atoms with Gasteiger partial charge in [0.2, 0.25) is 0 Å². The second-order valence-corrected chi connectivity index (χ2v) is 3.92. The minimum absolute atomic E-state index is 0.306. The number of methoxy groups -OCH3 is 1. The Balaban J connectivity index is 2.27. The van der Waals surface area contributed by atoms with E-state index < -0.39 is 0 Å². The van der Waals surface area contributed by atoms with Crippen molar-refractivity contribution in [1.82, 2.24) is 5.32 Å². The summed E-state index contributed by atoms with van der Waals surface area (Å²) in [6.45, 7) is 2.95. The molecule has 0 aliphatic carbocycles. The van der Waals surface area contributed by atoms with Crippen LogP contribution in [0, 0.1) is 0 Å². The van der Waals surface area contributed by atoms with Gasteiger partial charge in [-0.25, -0.2) is 4.79 Å². The van der Waals surface area contributed by atoms with Crippen LogP contribution in [0.15, 0.2) is 42.1 Å². The Bertz CT molecular complexity index is 483. The minimum atomic E-state index is -0.306. The van der Waals surface area contributed by atoms with Crippen molar-refractivity contribution >= 4 is 11.5 Å². The molecule has 0 radical (unpaired) electrons. The van der Waals surface area contributed by atoms with E-state index in [2.05, 4.69) is 23.1 Å². The van der Waals surface area contributed by atoms with E-state index in [1.165, 1.54) is 12.7 Å². The monoisotopic (exact) mass is 229 g/mol. The molecule has 3 nitrogen and oxygen atoms in total. The molecule has 0 fully saturated rings. The fraction of sp³-hybridized carbons (Fsp3) is 0.214. The highest BCUT2D eigenvalue weighted by Crippen LogP contribution is 2.24. The van der Waals surface area contributed by atoms with Gasteiger partial charge in [-0.15, -0.1) is 0 Å². The van der Waals surface area contributed by atoms with Crippen molar-refractivity contribution in [1.29, 1.82) is 0 Å². The van der Waals surface area contributed by atoms with Crippen molar-refractivity contribution in [2.24, 2.45) is 0 Å². The third-order valence-corrected chi connectivity index (χ3v) is 2.81. The first-order chi connectivity index (χ1) is 8.22. The first-order valence-electron chi connectivity index (χ1n) is 5.52. The Labute approximate surface area is 101 Å². The van der Waals surface area contributed by atoms with Crippen molar-refractivity contribution in [2.45, 2.75) is 6.92 Å². The lowest BCUT2D eigenvalue weighted by Gasteiger charge is -2.14. The van der Waals surface area contributed by atoms with Crippen LogP contribution in [0.3, 0.4) is 0 Å². The summed E-state index contributed by atoms with van der Waals surface area (Å²) < 4.78 is 4.67. The molecular formula is C14H15NO2. The molecule has 88 valence electrons. The maximum Gasteiger partial charge on any atom is 0.337 e. The molecule has 0 aromatic heterocycles. The SMILES string of the molecule is COC(=O)c1ccc(C2=CNCC=C2C)cc1. The average Bonchev–Trinajstić information content (AvgIpc) is 2.39. The number of ether oxygens (including phenoxy) is 1. The highest BCUT2D eigenvalue weighted by Gasteiger charge is 2.09. The van der Waals surface area contributed by atoms with E-state index in [9.17, 15) is 4.79 Å². The number of carbonyl (C=O) groups is 1. The summed E-state index contributed by atoms with van der Waals surface area (Å²) in [5, 5.41) is 3.18. The van der Waals surface area contributed by atoms with Crippen LogP contribution in [-0.2, 0) is 4.74 Å². The van der Waals surface area contributed by atoms with E-state index >= 15 is 0 Å². The number of allylic oxidation sites excluding steroid dienone is 2. The molecule has 0 amide bonds. The van der Waals surface area contributed by atoms with Crippen molar-refractivity contribution in [2.75, 3.05) is 13.7 Å². The third-order valence-electron chi connectivity index (χ3n) is 2.81. The first-order valence-corrected chi connectivity index (χ1v) is 5.52. The van der Waals surface area contributed by atoms with E-state index in [0.717, 1.165) is 17.7 Å². The number of carbonyl (C=O) groups excluding carboxylic acids is 1. The van der Waals surface area contributed by atoms with Gasteiger partial charge in [0.05, 0.1) is 12.7 Å². The van der Waals surface area contributed by atoms with Crippen LogP contribution in [0.1, 0.15) is 22.8 Å². The Morgan fingerprint density at radius 1 is 1.29 bits per heavy atom. The van der Waals surface area contributed by atoms with Crippen molar-refractivity contribution < 1.29 is 9.53 Å². The van der Waals surface area contributed by atoms with Crippen LogP contribution in [0.25, 0.3) is 5.57 Å². The maximum absolute atomic E-state index is 11.3. The third kappa shape index (κ3) is 2.38. The molecule has 0 bridgehead atoms. The molecule has 1 N–H and O–H groups in total. The van der Waals surface area contributed by atoms with Gasteiger partial charge >= 0.3 is 5.97 Å². The van der Waals surface area contributed by atoms with E-state index in [-0.39, 0.29) is 5.97 Å². The number of hydrogen-bond donors (Lipinski definition) is 1. The zero-order valence-electron chi connectivity index (χ0n) is 9.99. The first kappa shape index (κ1) is 11.5. The Hall–Kier alpha value is -2.03. The number of esters is 1. The van der Waals surface area contributed by atoms with Crippen LogP contribution in [0.2, 0.25) is 0 Å². The number of dihydropyridines is 1. The average molecular weight is 229 g/mol. The van der Waals surface area contributed by atoms with Gasteiger partial charge in [-0.3, -0.25) is 0 Å². The summed E-state index contributed by atoms with van der Waals surface area (Å²) >= 11 is 0. The van der Waals surface area contributed by atoms with Crippen LogP contribution in [0.4, 0.5) is 0 Å². The molecule has 3 heteroatoms. The number of rotatable bonds is 2. The quantitative estimate of drug-likeness (QED) is 0.791. The Morgan fingerprint density at radius 3 is 2.59 bits per heavy atom. The molecule has 1 aromatic carbocycles. The number of nitrogens with one attached hydrogen (secondary N) is 1. The van der Waals surface area contributed by atoms with Crippen LogP contribution in [-0.4, -0.2) is 19.6 Å². The standard InChI is InChI=1S/C14H15NO2/c1-10-7-8-15-9-13(10)11-3-5-12(6-4-11)14(16)17-2/h3-7,9,15H,8H2,1-2H3. The van der Waals surface area contributed by atoms with Crippen LogP contribution in [0.5, 0.6) is 0 Å². The lowest BCUT2D eigenvalue weighted by Crippen LogP contribution is -2.11. The molecule has 2 rings (SSSR count). The molecule has 0 saturated heterocycles. The maximum atomic E-state index is 11.3. The fourth-order valence-electron chi connectivity index (χ4n) is 1.81. The van der Waals surface area contributed by atoms with Gasteiger partial charge in [0.15, 0.2) is 0 Å². The second kappa shape index (κ2) is 4.87. The van der Waals surface area contributed by atoms with E-state index in [1.807, 2.05) is 18.3 Å². The molecule has 0 saturated carbocycles. The second-order valence-electron chi connectivity index (χ2n) is 3.92. The van der Waals surface area contributed by atoms with Crippen molar-refractivity contribution in [3.63, 3.8) is 0 Å². The van der Waals surface area contributed by atoms with Crippen molar-refractivity contribution in [3.8, 4) is 0 Å². The van der Waals surface area contributed by atoms with Crippen LogP contribution >= 0.6 is 0 Å². The summed E-state index contributed by atoms with van der Waals surface area (Å²) in [6, 6.07) is 7.43. The summed E-state index contributed by atoms with van der Waals surface area (Å²) in [5.74, 6) is -0.306. The van der Waals surface area contributed by atoms with Crippen LogP contribution < -0.4 is 5.32 Å². The van der Waals surface area contributed by atoms with Crippen molar-refractivity contribution in [3.05, 3.63) is 53.2 Å². The zero-order chi connectivity index (χ0) is 12.3. The predicted molar refractivity (Wildman–Crippen MR) is 67.5 cm³/mol. The van der Waals surface area contributed by atoms with Gasteiger partial charge in [0.1, 0.15) is 0 Å². The number of benzene rings is 1. The van der Waals surface area contributed by atoms with Gasteiger partial charge in [-0.05, 0) is 35.8 Å². The highest BCUT2D eigenvalue weighted by atomic mass is 16.5. The fourth-order valence-corrected chi connectivity index (χ4v) is 1.81.